The summed E-state index contributed by atoms with van der Waals surface area (Å²) in [6.07, 6.45) is 0. The summed E-state index contributed by atoms with van der Waals surface area (Å²) in [6, 6.07) is 11.9. The molecule has 0 fully saturated rings. The molecule has 5 heteroatoms. The standard InChI is InChI=1S/C16H16FN3O/c17-13-6-2-1-4-11(13)10-20-16(21)12-5-3-7-14-15(12)19-9-8-18-14/h1-7,18-19H,8-10H2,(H,20,21). The molecule has 1 heterocycles. The van der Waals surface area contributed by atoms with Gasteiger partial charge in [0.05, 0.1) is 16.9 Å². The molecule has 2 aromatic rings. The third-order valence-electron chi connectivity index (χ3n) is 3.45. The van der Waals surface area contributed by atoms with Crippen LogP contribution in [0.4, 0.5) is 15.8 Å². The highest BCUT2D eigenvalue weighted by molar-refractivity contribution is 6.02. The molecule has 1 aliphatic rings. The van der Waals surface area contributed by atoms with Gasteiger partial charge in [0, 0.05) is 25.2 Å². The molecule has 2 aromatic carbocycles. The zero-order valence-electron chi connectivity index (χ0n) is 11.4. The van der Waals surface area contributed by atoms with Crippen LogP contribution in [0.15, 0.2) is 42.5 Å². The number of para-hydroxylation sites is 1. The average molecular weight is 285 g/mol. The summed E-state index contributed by atoms with van der Waals surface area (Å²) in [5, 5.41) is 9.22. The molecular formula is C16H16FN3O. The van der Waals surface area contributed by atoms with Crippen molar-refractivity contribution in [2.75, 3.05) is 23.7 Å². The Morgan fingerprint density at radius 2 is 1.90 bits per heavy atom. The molecule has 3 N–H and O–H groups in total. The maximum Gasteiger partial charge on any atom is 0.253 e. The topological polar surface area (TPSA) is 53.2 Å². The number of carbonyl (C=O) groups is 1. The predicted octanol–water partition coefficient (Wildman–Crippen LogP) is 2.59. The molecule has 1 amide bonds. The van der Waals surface area contributed by atoms with Crippen LogP contribution in [0.5, 0.6) is 0 Å². The summed E-state index contributed by atoms with van der Waals surface area (Å²) in [6.45, 7) is 1.76. The Kier molecular flexibility index (Phi) is 3.73. The molecule has 3 rings (SSSR count). The third kappa shape index (κ3) is 2.81. The van der Waals surface area contributed by atoms with Crippen LogP contribution in [0.3, 0.4) is 0 Å². The number of benzene rings is 2. The van der Waals surface area contributed by atoms with E-state index in [4.69, 9.17) is 0 Å². The molecule has 0 unspecified atom stereocenters. The Hall–Kier alpha value is -2.56. The molecule has 0 aromatic heterocycles. The molecule has 0 saturated carbocycles. The van der Waals surface area contributed by atoms with Gasteiger partial charge in [0.2, 0.25) is 0 Å². The number of halogens is 1. The van der Waals surface area contributed by atoms with Crippen LogP contribution in [0.1, 0.15) is 15.9 Å². The summed E-state index contributed by atoms with van der Waals surface area (Å²) in [4.78, 5) is 12.3. The number of hydrogen-bond donors (Lipinski definition) is 3. The highest BCUT2D eigenvalue weighted by atomic mass is 19.1. The normalized spacial score (nSPS) is 12.8. The van der Waals surface area contributed by atoms with Crippen molar-refractivity contribution in [3.63, 3.8) is 0 Å². The van der Waals surface area contributed by atoms with Gasteiger partial charge in [-0.3, -0.25) is 4.79 Å². The van der Waals surface area contributed by atoms with Crippen molar-refractivity contribution < 1.29 is 9.18 Å². The molecule has 108 valence electrons. The molecule has 0 bridgehead atoms. The highest BCUT2D eigenvalue weighted by Crippen LogP contribution is 2.28. The van der Waals surface area contributed by atoms with Crippen molar-refractivity contribution in [3.8, 4) is 0 Å². The molecule has 0 saturated heterocycles. The largest absolute Gasteiger partial charge is 0.382 e. The van der Waals surface area contributed by atoms with E-state index in [1.54, 1.807) is 24.3 Å². The summed E-state index contributed by atoms with van der Waals surface area (Å²) >= 11 is 0. The first kappa shape index (κ1) is 13.4. The predicted molar refractivity (Wildman–Crippen MR) is 81.0 cm³/mol. The maximum atomic E-state index is 13.5. The van der Waals surface area contributed by atoms with Crippen LogP contribution < -0.4 is 16.0 Å². The van der Waals surface area contributed by atoms with Gasteiger partial charge in [-0.25, -0.2) is 4.39 Å². The van der Waals surface area contributed by atoms with E-state index >= 15 is 0 Å². The summed E-state index contributed by atoms with van der Waals surface area (Å²) in [5.74, 6) is -0.529. The second kappa shape index (κ2) is 5.83. The van der Waals surface area contributed by atoms with Gasteiger partial charge in [-0.1, -0.05) is 24.3 Å². The molecule has 0 aliphatic carbocycles. The van der Waals surface area contributed by atoms with Crippen LogP contribution in [-0.4, -0.2) is 19.0 Å². The number of carbonyl (C=O) groups excluding carboxylic acids is 1. The van der Waals surface area contributed by atoms with Crippen molar-refractivity contribution in [2.24, 2.45) is 0 Å². The highest BCUT2D eigenvalue weighted by Gasteiger charge is 2.17. The fourth-order valence-corrected chi connectivity index (χ4v) is 2.38. The summed E-state index contributed by atoms with van der Waals surface area (Å²) in [5.41, 5.74) is 2.76. The van der Waals surface area contributed by atoms with E-state index < -0.39 is 0 Å². The number of rotatable bonds is 3. The summed E-state index contributed by atoms with van der Waals surface area (Å²) in [7, 11) is 0. The van der Waals surface area contributed by atoms with Crippen LogP contribution in [-0.2, 0) is 6.54 Å². The minimum Gasteiger partial charge on any atom is -0.382 e. The molecular weight excluding hydrogens is 269 g/mol. The van der Waals surface area contributed by atoms with Crippen LogP contribution in [0.25, 0.3) is 0 Å². The van der Waals surface area contributed by atoms with Crippen molar-refractivity contribution in [3.05, 3.63) is 59.4 Å². The van der Waals surface area contributed by atoms with E-state index in [-0.39, 0.29) is 18.3 Å². The fourth-order valence-electron chi connectivity index (χ4n) is 2.38. The third-order valence-corrected chi connectivity index (χ3v) is 3.45. The van der Waals surface area contributed by atoms with Crippen molar-refractivity contribution >= 4 is 17.3 Å². The van der Waals surface area contributed by atoms with E-state index in [1.165, 1.54) is 6.07 Å². The zero-order valence-corrected chi connectivity index (χ0v) is 11.4. The van der Waals surface area contributed by atoms with Gasteiger partial charge in [0.15, 0.2) is 0 Å². The second-order valence-electron chi connectivity index (χ2n) is 4.86. The van der Waals surface area contributed by atoms with Gasteiger partial charge < -0.3 is 16.0 Å². The Bertz CT molecular complexity index is 672. The average Bonchev–Trinajstić information content (AvgIpc) is 2.53. The van der Waals surface area contributed by atoms with E-state index in [1.807, 2.05) is 12.1 Å². The molecule has 21 heavy (non-hydrogen) atoms. The van der Waals surface area contributed by atoms with Gasteiger partial charge in [0.25, 0.3) is 5.91 Å². The number of anilines is 2. The van der Waals surface area contributed by atoms with Crippen LogP contribution >= 0.6 is 0 Å². The Morgan fingerprint density at radius 1 is 1.10 bits per heavy atom. The minimum atomic E-state index is -0.312. The molecule has 0 spiro atoms. The van der Waals surface area contributed by atoms with Gasteiger partial charge >= 0.3 is 0 Å². The van der Waals surface area contributed by atoms with Crippen LogP contribution in [0.2, 0.25) is 0 Å². The van der Waals surface area contributed by atoms with Gasteiger partial charge in [-0.2, -0.15) is 0 Å². The monoisotopic (exact) mass is 285 g/mol. The van der Waals surface area contributed by atoms with Gasteiger partial charge in [-0.05, 0) is 18.2 Å². The Morgan fingerprint density at radius 3 is 2.76 bits per heavy atom. The van der Waals surface area contributed by atoms with E-state index in [2.05, 4.69) is 16.0 Å². The lowest BCUT2D eigenvalue weighted by Gasteiger charge is -2.22. The first-order valence-corrected chi connectivity index (χ1v) is 6.88. The molecule has 4 nitrogen and oxygen atoms in total. The lowest BCUT2D eigenvalue weighted by atomic mass is 10.1. The maximum absolute atomic E-state index is 13.5. The van der Waals surface area contributed by atoms with Crippen molar-refractivity contribution in [2.45, 2.75) is 6.54 Å². The molecule has 0 atom stereocenters. The summed E-state index contributed by atoms with van der Waals surface area (Å²) < 4.78 is 13.5. The number of hydrogen-bond acceptors (Lipinski definition) is 3. The lowest BCUT2D eigenvalue weighted by Crippen LogP contribution is -2.27. The number of fused-ring (bicyclic) bond motifs is 1. The van der Waals surface area contributed by atoms with E-state index in [0.29, 0.717) is 11.1 Å². The number of nitrogens with one attached hydrogen (secondary N) is 3. The zero-order chi connectivity index (χ0) is 14.7. The minimum absolute atomic E-state index is 0.169. The van der Waals surface area contributed by atoms with Gasteiger partial charge in [0.1, 0.15) is 5.82 Å². The van der Waals surface area contributed by atoms with Crippen molar-refractivity contribution in [1.29, 1.82) is 0 Å². The quantitative estimate of drug-likeness (QED) is 0.812. The lowest BCUT2D eigenvalue weighted by molar-refractivity contribution is 0.0951. The molecule has 1 aliphatic heterocycles. The smallest absolute Gasteiger partial charge is 0.253 e. The second-order valence-corrected chi connectivity index (χ2v) is 4.86. The Balaban J connectivity index is 1.76. The first-order valence-electron chi connectivity index (χ1n) is 6.88. The first-order chi connectivity index (χ1) is 10.3. The van der Waals surface area contributed by atoms with Gasteiger partial charge in [-0.15, -0.1) is 0 Å². The van der Waals surface area contributed by atoms with E-state index in [9.17, 15) is 9.18 Å². The Labute approximate surface area is 122 Å². The molecule has 0 radical (unpaired) electrons. The number of amides is 1. The SMILES string of the molecule is O=C(NCc1ccccc1F)c1cccc2c1NCCN2. The van der Waals surface area contributed by atoms with Crippen LogP contribution in [0, 0.1) is 5.82 Å². The van der Waals surface area contributed by atoms with Crippen molar-refractivity contribution in [1.82, 2.24) is 5.32 Å². The fraction of sp³-hybridized carbons (Fsp3) is 0.188. The van der Waals surface area contributed by atoms with E-state index in [0.717, 1.165) is 24.5 Å².